The number of rotatable bonds is 4. The molecule has 1 amide bonds. The molecule has 0 saturated heterocycles. The topological polar surface area (TPSA) is 55.1 Å². The summed E-state index contributed by atoms with van der Waals surface area (Å²) in [5.74, 6) is 0.123. The highest BCUT2D eigenvalue weighted by Crippen LogP contribution is 2.29. The van der Waals surface area contributed by atoms with Crippen LogP contribution >= 0.6 is 27.5 Å². The van der Waals surface area contributed by atoms with Gasteiger partial charge in [-0.25, -0.2) is 0 Å². The summed E-state index contributed by atoms with van der Waals surface area (Å²) in [6.07, 6.45) is 0.411. The van der Waals surface area contributed by atoms with E-state index >= 15 is 0 Å². The molecule has 1 rings (SSSR count). The van der Waals surface area contributed by atoms with E-state index in [1.165, 1.54) is 0 Å². The Hall–Kier alpha value is -0.580. The minimum absolute atomic E-state index is 0.0523. The van der Waals surface area contributed by atoms with E-state index < -0.39 is 0 Å². The number of aryl methyl sites for hydroxylation is 1. The largest absolute Gasteiger partial charge is 0.330 e. The molecule has 3 nitrogen and oxygen atoms in total. The zero-order valence-corrected chi connectivity index (χ0v) is 12.2. The van der Waals surface area contributed by atoms with Crippen LogP contribution in [0.4, 0.5) is 5.69 Å². The van der Waals surface area contributed by atoms with Crippen molar-refractivity contribution in [3.63, 3.8) is 0 Å². The fraction of sp³-hybridized carbons (Fsp3) is 0.417. The molecule has 1 aromatic carbocycles. The van der Waals surface area contributed by atoms with Crippen molar-refractivity contribution < 1.29 is 4.79 Å². The maximum absolute atomic E-state index is 11.7. The number of nitrogens with two attached hydrogens (primary N) is 1. The van der Waals surface area contributed by atoms with Crippen LogP contribution in [0.3, 0.4) is 0 Å². The molecule has 5 heteroatoms. The number of amides is 1. The van der Waals surface area contributed by atoms with Crippen LogP contribution in [-0.2, 0) is 4.79 Å². The summed E-state index contributed by atoms with van der Waals surface area (Å²) in [4.78, 5) is 11.7. The van der Waals surface area contributed by atoms with Gasteiger partial charge in [0.2, 0.25) is 5.91 Å². The standard InChI is InChI=1S/C12H16BrClN2O/c1-7(6-15)3-12(17)16-11-5-10(14)8(2)4-9(11)13/h4-5,7H,3,6,15H2,1-2H3,(H,16,17). The predicted molar refractivity (Wildman–Crippen MR) is 75.4 cm³/mol. The van der Waals surface area contributed by atoms with Gasteiger partial charge >= 0.3 is 0 Å². The lowest BCUT2D eigenvalue weighted by Crippen LogP contribution is -2.20. The van der Waals surface area contributed by atoms with Crippen LogP contribution in [0.25, 0.3) is 0 Å². The minimum atomic E-state index is -0.0523. The Morgan fingerprint density at radius 3 is 2.82 bits per heavy atom. The molecule has 3 N–H and O–H groups in total. The van der Waals surface area contributed by atoms with Crippen LogP contribution in [0.1, 0.15) is 18.9 Å². The Kier molecular flexibility index (Phi) is 5.43. The summed E-state index contributed by atoms with van der Waals surface area (Å²) in [6.45, 7) is 4.36. The van der Waals surface area contributed by atoms with Crippen LogP contribution in [0.2, 0.25) is 5.02 Å². The molecule has 0 fully saturated rings. The van der Waals surface area contributed by atoms with E-state index in [1.807, 2.05) is 19.9 Å². The lowest BCUT2D eigenvalue weighted by molar-refractivity contribution is -0.116. The summed E-state index contributed by atoms with van der Waals surface area (Å²) in [7, 11) is 0. The molecule has 0 aliphatic rings. The third kappa shape index (κ3) is 4.30. The zero-order valence-electron chi connectivity index (χ0n) is 9.89. The van der Waals surface area contributed by atoms with Crippen molar-refractivity contribution in [2.75, 3.05) is 11.9 Å². The van der Waals surface area contributed by atoms with Gasteiger partial charge in [-0.3, -0.25) is 4.79 Å². The summed E-state index contributed by atoms with van der Waals surface area (Å²) in [5, 5.41) is 3.45. The first-order valence-corrected chi connectivity index (χ1v) is 6.56. The number of carbonyl (C=O) groups excluding carboxylic acids is 1. The third-order valence-corrected chi connectivity index (χ3v) is 3.52. The van der Waals surface area contributed by atoms with E-state index in [4.69, 9.17) is 17.3 Å². The van der Waals surface area contributed by atoms with E-state index in [-0.39, 0.29) is 11.8 Å². The first-order chi connectivity index (χ1) is 7.93. The van der Waals surface area contributed by atoms with E-state index in [2.05, 4.69) is 21.2 Å². The Labute approximate surface area is 115 Å². The fourth-order valence-electron chi connectivity index (χ4n) is 1.34. The minimum Gasteiger partial charge on any atom is -0.330 e. The van der Waals surface area contributed by atoms with Crippen molar-refractivity contribution in [1.29, 1.82) is 0 Å². The summed E-state index contributed by atoms with van der Waals surface area (Å²) < 4.78 is 0.827. The van der Waals surface area contributed by atoms with Crippen LogP contribution in [-0.4, -0.2) is 12.5 Å². The highest BCUT2D eigenvalue weighted by Gasteiger charge is 2.10. The average Bonchev–Trinajstić information content (AvgIpc) is 2.25. The quantitative estimate of drug-likeness (QED) is 0.894. The highest BCUT2D eigenvalue weighted by atomic mass is 79.9. The SMILES string of the molecule is Cc1cc(Br)c(NC(=O)CC(C)CN)cc1Cl. The van der Waals surface area contributed by atoms with Crippen molar-refractivity contribution >= 4 is 39.1 Å². The van der Waals surface area contributed by atoms with Crippen LogP contribution < -0.4 is 11.1 Å². The number of halogens is 2. The number of carbonyl (C=O) groups is 1. The molecule has 0 aliphatic carbocycles. The Balaban J connectivity index is 2.75. The first-order valence-electron chi connectivity index (χ1n) is 5.39. The third-order valence-electron chi connectivity index (χ3n) is 2.46. The van der Waals surface area contributed by atoms with Gasteiger partial charge in [0.1, 0.15) is 0 Å². The number of hydrogen-bond acceptors (Lipinski definition) is 2. The zero-order chi connectivity index (χ0) is 13.0. The molecule has 0 bridgehead atoms. The molecule has 0 aromatic heterocycles. The van der Waals surface area contributed by atoms with E-state index in [0.29, 0.717) is 23.7 Å². The number of benzene rings is 1. The average molecular weight is 320 g/mol. The van der Waals surface area contributed by atoms with Crippen LogP contribution in [0.5, 0.6) is 0 Å². The molecule has 0 saturated carbocycles. The van der Waals surface area contributed by atoms with Crippen molar-refractivity contribution in [2.24, 2.45) is 11.7 Å². The number of anilines is 1. The van der Waals surface area contributed by atoms with Crippen LogP contribution in [0, 0.1) is 12.8 Å². The van der Waals surface area contributed by atoms with Gasteiger partial charge in [-0.05, 0) is 53.0 Å². The summed E-state index contributed by atoms with van der Waals surface area (Å²) >= 11 is 9.41. The van der Waals surface area contributed by atoms with Gasteiger partial charge in [0.25, 0.3) is 0 Å². The molecular weight excluding hydrogens is 304 g/mol. The van der Waals surface area contributed by atoms with Crippen molar-refractivity contribution in [3.05, 3.63) is 27.2 Å². The molecule has 94 valence electrons. The second kappa shape index (κ2) is 6.38. The molecule has 1 atom stereocenters. The Bertz CT molecular complexity index is 423. The second-order valence-electron chi connectivity index (χ2n) is 4.17. The summed E-state index contributed by atoms with van der Waals surface area (Å²) in [6, 6.07) is 3.62. The van der Waals surface area contributed by atoms with Crippen LogP contribution in [0.15, 0.2) is 16.6 Å². The molecule has 0 aliphatic heterocycles. The smallest absolute Gasteiger partial charge is 0.224 e. The Morgan fingerprint density at radius 2 is 2.24 bits per heavy atom. The van der Waals surface area contributed by atoms with E-state index in [0.717, 1.165) is 10.0 Å². The molecule has 0 spiro atoms. The van der Waals surface area contributed by atoms with Gasteiger partial charge in [-0.1, -0.05) is 18.5 Å². The van der Waals surface area contributed by atoms with E-state index in [1.54, 1.807) is 6.07 Å². The molecule has 1 unspecified atom stereocenters. The second-order valence-corrected chi connectivity index (χ2v) is 5.44. The molecule has 17 heavy (non-hydrogen) atoms. The lowest BCUT2D eigenvalue weighted by atomic mass is 10.1. The van der Waals surface area contributed by atoms with Gasteiger partial charge in [-0.15, -0.1) is 0 Å². The van der Waals surface area contributed by atoms with Crippen molar-refractivity contribution in [1.82, 2.24) is 0 Å². The molecular formula is C12H16BrClN2O. The molecule has 1 aromatic rings. The number of nitrogens with one attached hydrogen (secondary N) is 1. The van der Waals surface area contributed by atoms with Gasteiger partial charge in [0.05, 0.1) is 5.69 Å². The summed E-state index contributed by atoms with van der Waals surface area (Å²) in [5.41, 5.74) is 7.13. The lowest BCUT2D eigenvalue weighted by Gasteiger charge is -2.11. The predicted octanol–water partition coefficient (Wildman–Crippen LogP) is 3.33. The molecule has 0 heterocycles. The fourth-order valence-corrected chi connectivity index (χ4v) is 2.06. The first kappa shape index (κ1) is 14.5. The monoisotopic (exact) mass is 318 g/mol. The maximum atomic E-state index is 11.7. The van der Waals surface area contributed by atoms with E-state index in [9.17, 15) is 4.79 Å². The molecule has 0 radical (unpaired) electrons. The maximum Gasteiger partial charge on any atom is 0.224 e. The van der Waals surface area contributed by atoms with Crippen molar-refractivity contribution in [3.8, 4) is 0 Å². The number of hydrogen-bond donors (Lipinski definition) is 2. The normalized spacial score (nSPS) is 12.3. The Morgan fingerprint density at radius 1 is 1.59 bits per heavy atom. The van der Waals surface area contributed by atoms with Gasteiger partial charge in [0, 0.05) is 15.9 Å². The van der Waals surface area contributed by atoms with Gasteiger partial charge in [-0.2, -0.15) is 0 Å². The van der Waals surface area contributed by atoms with Gasteiger partial charge < -0.3 is 11.1 Å². The van der Waals surface area contributed by atoms with Crippen molar-refractivity contribution in [2.45, 2.75) is 20.3 Å². The highest BCUT2D eigenvalue weighted by molar-refractivity contribution is 9.10. The van der Waals surface area contributed by atoms with Gasteiger partial charge in [0.15, 0.2) is 0 Å².